The Bertz CT molecular complexity index is 402. The second kappa shape index (κ2) is 15.4. The molecule has 0 bridgehead atoms. The van der Waals surface area contributed by atoms with E-state index in [9.17, 15) is 9.90 Å². The molecular formula is C18H36IN3O4. The molecule has 0 aromatic rings. The molecule has 1 aliphatic heterocycles. The third-order valence-corrected chi connectivity index (χ3v) is 4.59. The van der Waals surface area contributed by atoms with Crippen LogP contribution in [0.15, 0.2) is 4.99 Å². The summed E-state index contributed by atoms with van der Waals surface area (Å²) in [6.45, 7) is 5.53. The zero-order chi connectivity index (χ0) is 18.4. The van der Waals surface area contributed by atoms with E-state index in [1.807, 2.05) is 6.92 Å². The number of nitrogens with one attached hydrogen (secondary N) is 2. The van der Waals surface area contributed by atoms with Crippen LogP contribution in [0.3, 0.4) is 0 Å². The van der Waals surface area contributed by atoms with E-state index < -0.39 is 0 Å². The van der Waals surface area contributed by atoms with Crippen LogP contribution >= 0.6 is 24.0 Å². The Morgan fingerprint density at radius 3 is 2.65 bits per heavy atom. The molecule has 1 heterocycles. The van der Waals surface area contributed by atoms with Gasteiger partial charge in [0.1, 0.15) is 0 Å². The van der Waals surface area contributed by atoms with Crippen molar-refractivity contribution in [2.75, 3.05) is 46.6 Å². The van der Waals surface area contributed by atoms with Gasteiger partial charge in [0.25, 0.3) is 0 Å². The van der Waals surface area contributed by atoms with Gasteiger partial charge in [0.05, 0.1) is 13.2 Å². The van der Waals surface area contributed by atoms with Crippen molar-refractivity contribution in [2.45, 2.75) is 51.9 Å². The minimum atomic E-state index is -0.0991. The molecule has 0 amide bonds. The van der Waals surface area contributed by atoms with Crippen molar-refractivity contribution in [1.29, 1.82) is 0 Å². The molecule has 0 radical (unpaired) electrons. The molecule has 1 fully saturated rings. The summed E-state index contributed by atoms with van der Waals surface area (Å²) in [7, 11) is 1.76. The monoisotopic (exact) mass is 485 g/mol. The number of carbonyl (C=O) groups excluding carboxylic acids is 1. The number of carbonyl (C=O) groups is 1. The van der Waals surface area contributed by atoms with Crippen LogP contribution in [0.25, 0.3) is 0 Å². The third-order valence-electron chi connectivity index (χ3n) is 4.59. The number of hydrogen-bond acceptors (Lipinski definition) is 5. The van der Waals surface area contributed by atoms with Crippen molar-refractivity contribution in [2.24, 2.45) is 10.4 Å². The van der Waals surface area contributed by atoms with Gasteiger partial charge in [-0.2, -0.15) is 0 Å². The summed E-state index contributed by atoms with van der Waals surface area (Å²) < 4.78 is 10.4. The summed E-state index contributed by atoms with van der Waals surface area (Å²) in [5, 5.41) is 15.9. The number of halogens is 1. The molecule has 0 saturated carbocycles. The summed E-state index contributed by atoms with van der Waals surface area (Å²) in [4.78, 5) is 15.5. The number of hydrogen-bond donors (Lipinski definition) is 3. The van der Waals surface area contributed by atoms with Crippen LogP contribution in [-0.2, 0) is 14.3 Å². The predicted molar refractivity (Wildman–Crippen MR) is 114 cm³/mol. The van der Waals surface area contributed by atoms with E-state index in [1.165, 1.54) is 0 Å². The Hall–Kier alpha value is -0.610. The van der Waals surface area contributed by atoms with Crippen LogP contribution in [-0.4, -0.2) is 63.6 Å². The Morgan fingerprint density at radius 1 is 1.27 bits per heavy atom. The van der Waals surface area contributed by atoms with Crippen molar-refractivity contribution in [3.63, 3.8) is 0 Å². The Labute approximate surface area is 174 Å². The Morgan fingerprint density at radius 2 is 2.04 bits per heavy atom. The third kappa shape index (κ3) is 10.5. The second-order valence-electron chi connectivity index (χ2n) is 6.60. The number of aliphatic hydroxyl groups excluding tert-OH is 1. The van der Waals surface area contributed by atoms with E-state index in [2.05, 4.69) is 15.6 Å². The maximum atomic E-state index is 11.2. The molecule has 26 heavy (non-hydrogen) atoms. The molecule has 0 aliphatic carbocycles. The van der Waals surface area contributed by atoms with Gasteiger partial charge in [-0.05, 0) is 32.6 Å². The minimum Gasteiger partial charge on any atom is -0.466 e. The predicted octanol–water partition coefficient (Wildman–Crippen LogP) is 2.07. The minimum absolute atomic E-state index is 0. The number of unbranched alkanes of at least 4 members (excludes halogenated alkanes) is 3. The Kier molecular flexibility index (Phi) is 15.1. The first kappa shape index (κ1) is 25.4. The molecule has 1 rings (SSSR count). The molecule has 0 spiro atoms. The first-order chi connectivity index (χ1) is 12.2. The molecule has 0 aromatic heterocycles. The Balaban J connectivity index is 0.00000625. The summed E-state index contributed by atoms with van der Waals surface area (Å²) in [6, 6.07) is 0. The molecule has 8 heteroatoms. The van der Waals surface area contributed by atoms with Gasteiger partial charge < -0.3 is 25.2 Å². The fourth-order valence-electron chi connectivity index (χ4n) is 2.99. The highest BCUT2D eigenvalue weighted by atomic mass is 127. The molecule has 0 aromatic carbocycles. The zero-order valence-electron chi connectivity index (χ0n) is 16.2. The SMILES string of the molecule is CCOC(=O)CCCCCCNC(=NC)NCC1(CCO)CCOC1.I. The number of rotatable bonds is 12. The molecular weight excluding hydrogens is 449 g/mol. The molecule has 7 nitrogen and oxygen atoms in total. The van der Waals surface area contributed by atoms with Gasteiger partial charge in [-0.25, -0.2) is 0 Å². The smallest absolute Gasteiger partial charge is 0.305 e. The topological polar surface area (TPSA) is 92.2 Å². The summed E-state index contributed by atoms with van der Waals surface area (Å²) in [5.74, 6) is 0.689. The van der Waals surface area contributed by atoms with Crippen LogP contribution in [0.1, 0.15) is 51.9 Å². The van der Waals surface area contributed by atoms with Crippen LogP contribution in [0.2, 0.25) is 0 Å². The second-order valence-corrected chi connectivity index (χ2v) is 6.60. The van der Waals surface area contributed by atoms with Gasteiger partial charge in [0.15, 0.2) is 5.96 Å². The van der Waals surface area contributed by atoms with Gasteiger partial charge >= 0.3 is 5.97 Å². The van der Waals surface area contributed by atoms with Crippen molar-refractivity contribution in [1.82, 2.24) is 10.6 Å². The molecule has 154 valence electrons. The molecule has 3 N–H and O–H groups in total. The van der Waals surface area contributed by atoms with E-state index in [1.54, 1.807) is 7.05 Å². The van der Waals surface area contributed by atoms with Crippen LogP contribution in [0.5, 0.6) is 0 Å². The van der Waals surface area contributed by atoms with Gasteiger partial charge in [0.2, 0.25) is 0 Å². The summed E-state index contributed by atoms with van der Waals surface area (Å²) >= 11 is 0. The van der Waals surface area contributed by atoms with E-state index in [-0.39, 0.29) is 42.0 Å². The van der Waals surface area contributed by atoms with Crippen molar-refractivity contribution < 1.29 is 19.4 Å². The van der Waals surface area contributed by atoms with E-state index in [0.29, 0.717) is 19.6 Å². The van der Waals surface area contributed by atoms with Crippen molar-refractivity contribution in [3.05, 3.63) is 0 Å². The normalized spacial score (nSPS) is 19.7. The molecule has 1 saturated heterocycles. The highest BCUT2D eigenvalue weighted by Crippen LogP contribution is 2.31. The van der Waals surface area contributed by atoms with Crippen LogP contribution in [0, 0.1) is 5.41 Å². The van der Waals surface area contributed by atoms with E-state index in [0.717, 1.165) is 64.2 Å². The quantitative estimate of drug-likeness (QED) is 0.129. The standard InChI is InChI=1S/C18H35N3O4.HI/c1-3-25-16(23)8-6-4-5-7-11-20-17(19-2)21-14-18(9-12-22)10-13-24-15-18;/h22H,3-15H2,1-2H3,(H2,19,20,21);1H. The zero-order valence-corrected chi connectivity index (χ0v) is 18.6. The fraction of sp³-hybridized carbons (Fsp3) is 0.889. The number of aliphatic imine (C=N–C) groups is 1. The number of guanidine groups is 1. The van der Waals surface area contributed by atoms with Crippen molar-refractivity contribution in [3.8, 4) is 0 Å². The summed E-state index contributed by atoms with van der Waals surface area (Å²) in [6.07, 6.45) is 6.26. The van der Waals surface area contributed by atoms with Gasteiger partial charge in [-0.3, -0.25) is 9.79 Å². The largest absolute Gasteiger partial charge is 0.466 e. The number of nitrogens with zero attached hydrogens (tertiary/aromatic N) is 1. The van der Waals surface area contributed by atoms with Gasteiger partial charge in [-0.15, -0.1) is 24.0 Å². The fourth-order valence-corrected chi connectivity index (χ4v) is 2.99. The highest BCUT2D eigenvalue weighted by Gasteiger charge is 2.34. The van der Waals surface area contributed by atoms with E-state index in [4.69, 9.17) is 9.47 Å². The highest BCUT2D eigenvalue weighted by molar-refractivity contribution is 14.0. The maximum absolute atomic E-state index is 11.2. The first-order valence-electron chi connectivity index (χ1n) is 9.44. The van der Waals surface area contributed by atoms with Crippen molar-refractivity contribution >= 4 is 35.9 Å². The lowest BCUT2D eigenvalue weighted by Gasteiger charge is -2.27. The van der Waals surface area contributed by atoms with E-state index >= 15 is 0 Å². The number of aliphatic hydroxyl groups is 1. The molecule has 1 unspecified atom stereocenters. The number of esters is 1. The average Bonchev–Trinajstić information content (AvgIpc) is 3.06. The summed E-state index contributed by atoms with van der Waals surface area (Å²) in [5.41, 5.74) is 0.0134. The number of ether oxygens (including phenoxy) is 2. The lowest BCUT2D eigenvalue weighted by Crippen LogP contribution is -2.44. The first-order valence-corrected chi connectivity index (χ1v) is 9.44. The maximum Gasteiger partial charge on any atom is 0.305 e. The lowest BCUT2D eigenvalue weighted by molar-refractivity contribution is -0.143. The van der Waals surface area contributed by atoms with Gasteiger partial charge in [-0.1, -0.05) is 12.8 Å². The van der Waals surface area contributed by atoms with Crippen LogP contribution in [0.4, 0.5) is 0 Å². The average molecular weight is 485 g/mol. The lowest BCUT2D eigenvalue weighted by atomic mass is 9.84. The van der Waals surface area contributed by atoms with Crippen LogP contribution < -0.4 is 10.6 Å². The molecule has 1 aliphatic rings. The van der Waals surface area contributed by atoms with Gasteiger partial charge in [0, 0.05) is 45.2 Å². The molecule has 1 atom stereocenters.